The molecule has 3 aliphatic rings. The van der Waals surface area contributed by atoms with E-state index in [0.29, 0.717) is 18.4 Å². The Kier molecular flexibility index (Phi) is 4.99. The van der Waals surface area contributed by atoms with Gasteiger partial charge >= 0.3 is 5.97 Å². The topological polar surface area (TPSA) is 46.6 Å². The molecule has 0 radical (unpaired) electrons. The third-order valence-electron chi connectivity index (χ3n) is 7.30. The van der Waals surface area contributed by atoms with Crippen LogP contribution in [0.1, 0.15) is 71.3 Å². The number of carbonyl (C=O) groups excluding carboxylic acids is 2. The van der Waals surface area contributed by atoms with E-state index in [1.807, 2.05) is 4.90 Å². The van der Waals surface area contributed by atoms with Gasteiger partial charge in [-0.2, -0.15) is 0 Å². The zero-order valence-corrected chi connectivity index (χ0v) is 17.8. The van der Waals surface area contributed by atoms with Crippen molar-refractivity contribution >= 4 is 11.9 Å². The van der Waals surface area contributed by atoms with E-state index in [0.717, 1.165) is 38.6 Å². The van der Waals surface area contributed by atoms with Crippen LogP contribution in [0.4, 0.5) is 4.39 Å². The van der Waals surface area contributed by atoms with Crippen LogP contribution in [0.15, 0.2) is 24.3 Å². The van der Waals surface area contributed by atoms with E-state index in [4.69, 9.17) is 4.74 Å². The SMILES string of the molecule is CC1(C)CC2CC(C)(CN2C(=O)COC(=O)C2(c3ccccc3F)CCCC2)C1. The molecule has 4 nitrogen and oxygen atoms in total. The number of halogens is 1. The highest BCUT2D eigenvalue weighted by Gasteiger charge is 2.51. The van der Waals surface area contributed by atoms with Gasteiger partial charge in [-0.25, -0.2) is 4.39 Å². The first-order valence-corrected chi connectivity index (χ1v) is 10.9. The number of hydrogen-bond donors (Lipinski definition) is 0. The van der Waals surface area contributed by atoms with E-state index in [1.165, 1.54) is 6.07 Å². The van der Waals surface area contributed by atoms with E-state index >= 15 is 0 Å². The van der Waals surface area contributed by atoms with Gasteiger partial charge in [0.15, 0.2) is 6.61 Å². The summed E-state index contributed by atoms with van der Waals surface area (Å²) in [6.45, 7) is 7.28. The van der Waals surface area contributed by atoms with Crippen LogP contribution in [0.25, 0.3) is 0 Å². The van der Waals surface area contributed by atoms with Gasteiger partial charge in [0.1, 0.15) is 5.82 Å². The maximum atomic E-state index is 14.5. The number of benzene rings is 1. The van der Waals surface area contributed by atoms with Crippen LogP contribution in [0, 0.1) is 16.6 Å². The molecule has 2 unspecified atom stereocenters. The number of hydrogen-bond acceptors (Lipinski definition) is 3. The van der Waals surface area contributed by atoms with Crippen molar-refractivity contribution in [1.82, 2.24) is 4.90 Å². The first-order chi connectivity index (χ1) is 13.6. The Morgan fingerprint density at radius 2 is 1.83 bits per heavy atom. The fraction of sp³-hybridized carbons (Fsp3) is 0.667. The van der Waals surface area contributed by atoms with Gasteiger partial charge in [0.2, 0.25) is 0 Å². The Morgan fingerprint density at radius 1 is 1.14 bits per heavy atom. The van der Waals surface area contributed by atoms with Crippen molar-refractivity contribution in [3.05, 3.63) is 35.6 Å². The molecule has 0 N–H and O–H groups in total. The molecule has 4 rings (SSSR count). The third kappa shape index (κ3) is 3.69. The standard InChI is InChI=1S/C24H32FNO3/c1-22(2)12-17-13-23(3,15-22)16-26(17)20(27)14-29-21(28)24(10-6-7-11-24)18-8-4-5-9-19(18)25/h4-5,8-9,17H,6-7,10-16H2,1-3H3. The third-order valence-corrected chi connectivity index (χ3v) is 7.30. The summed E-state index contributed by atoms with van der Waals surface area (Å²) < 4.78 is 20.0. The minimum Gasteiger partial charge on any atom is -0.455 e. The first kappa shape index (κ1) is 20.4. The van der Waals surface area contributed by atoms with E-state index in [2.05, 4.69) is 20.8 Å². The minimum atomic E-state index is -0.958. The van der Waals surface area contributed by atoms with Crippen LogP contribution in [0.3, 0.4) is 0 Å². The summed E-state index contributed by atoms with van der Waals surface area (Å²) in [5.74, 6) is -0.949. The molecule has 158 valence electrons. The molecule has 2 bridgehead atoms. The number of fused-ring (bicyclic) bond motifs is 2. The fourth-order valence-electron chi connectivity index (χ4n) is 6.51. The molecule has 0 aromatic heterocycles. The van der Waals surface area contributed by atoms with Gasteiger partial charge < -0.3 is 9.64 Å². The highest BCUT2D eigenvalue weighted by molar-refractivity contribution is 5.87. The van der Waals surface area contributed by atoms with Crippen molar-refractivity contribution in [2.24, 2.45) is 10.8 Å². The molecule has 1 amide bonds. The molecule has 2 aliphatic carbocycles. The zero-order chi connectivity index (χ0) is 20.9. The molecule has 1 heterocycles. The quantitative estimate of drug-likeness (QED) is 0.693. The average molecular weight is 402 g/mol. The summed E-state index contributed by atoms with van der Waals surface area (Å²) in [7, 11) is 0. The van der Waals surface area contributed by atoms with E-state index in [-0.39, 0.29) is 35.2 Å². The second-order valence-corrected chi connectivity index (χ2v) is 10.6. The maximum absolute atomic E-state index is 14.5. The van der Waals surface area contributed by atoms with Gasteiger partial charge in [-0.3, -0.25) is 9.59 Å². The van der Waals surface area contributed by atoms with Crippen LogP contribution >= 0.6 is 0 Å². The van der Waals surface area contributed by atoms with Gasteiger partial charge in [-0.05, 0) is 49.0 Å². The van der Waals surface area contributed by atoms with E-state index < -0.39 is 11.4 Å². The molecular weight excluding hydrogens is 369 g/mol. The van der Waals surface area contributed by atoms with Crippen LogP contribution in [0.2, 0.25) is 0 Å². The molecule has 1 aromatic rings. The van der Waals surface area contributed by atoms with Gasteiger partial charge in [-0.15, -0.1) is 0 Å². The number of esters is 1. The van der Waals surface area contributed by atoms with Gasteiger partial charge in [0.05, 0.1) is 5.41 Å². The van der Waals surface area contributed by atoms with Crippen LogP contribution in [0.5, 0.6) is 0 Å². The summed E-state index contributed by atoms with van der Waals surface area (Å²) in [6, 6.07) is 6.67. The molecule has 1 saturated heterocycles. The van der Waals surface area contributed by atoms with Gasteiger partial charge in [0, 0.05) is 18.2 Å². The number of nitrogens with zero attached hydrogens (tertiary/aromatic N) is 1. The Hall–Kier alpha value is -1.91. The maximum Gasteiger partial charge on any atom is 0.317 e. The number of carbonyl (C=O) groups is 2. The molecule has 3 fully saturated rings. The summed E-state index contributed by atoms with van der Waals surface area (Å²) in [6.07, 6.45) is 5.98. The molecule has 1 aliphatic heterocycles. The lowest BCUT2D eigenvalue weighted by Crippen LogP contribution is -2.42. The predicted molar refractivity (Wildman–Crippen MR) is 109 cm³/mol. The zero-order valence-electron chi connectivity index (χ0n) is 17.8. The minimum absolute atomic E-state index is 0.119. The summed E-state index contributed by atoms with van der Waals surface area (Å²) in [5.41, 5.74) is -0.185. The lowest BCUT2D eigenvalue weighted by atomic mass is 9.65. The summed E-state index contributed by atoms with van der Waals surface area (Å²) in [4.78, 5) is 27.9. The molecule has 2 saturated carbocycles. The van der Waals surface area contributed by atoms with Crippen molar-refractivity contribution in [2.75, 3.05) is 13.2 Å². The van der Waals surface area contributed by atoms with Crippen molar-refractivity contribution in [1.29, 1.82) is 0 Å². The molecule has 29 heavy (non-hydrogen) atoms. The summed E-state index contributed by atoms with van der Waals surface area (Å²) >= 11 is 0. The molecule has 5 heteroatoms. The van der Waals surface area contributed by atoms with Crippen molar-refractivity contribution < 1.29 is 18.7 Å². The fourth-order valence-corrected chi connectivity index (χ4v) is 6.51. The van der Waals surface area contributed by atoms with Crippen LogP contribution < -0.4 is 0 Å². The highest BCUT2D eigenvalue weighted by atomic mass is 19.1. The van der Waals surface area contributed by atoms with Crippen LogP contribution in [-0.4, -0.2) is 36.0 Å². The Bertz CT molecular complexity index is 814. The summed E-state index contributed by atoms with van der Waals surface area (Å²) in [5, 5.41) is 0. The number of ether oxygens (including phenoxy) is 1. The van der Waals surface area contributed by atoms with Crippen molar-refractivity contribution in [3.8, 4) is 0 Å². The Morgan fingerprint density at radius 3 is 2.52 bits per heavy atom. The first-order valence-electron chi connectivity index (χ1n) is 10.9. The Balaban J connectivity index is 1.45. The van der Waals surface area contributed by atoms with E-state index in [9.17, 15) is 14.0 Å². The molecular formula is C24H32FNO3. The smallest absolute Gasteiger partial charge is 0.317 e. The lowest BCUT2D eigenvalue weighted by Gasteiger charge is -2.39. The largest absolute Gasteiger partial charge is 0.455 e. The average Bonchev–Trinajstić information content (AvgIpc) is 3.22. The predicted octanol–water partition coefficient (Wildman–Crippen LogP) is 4.61. The van der Waals surface area contributed by atoms with Gasteiger partial charge in [0.25, 0.3) is 5.91 Å². The monoisotopic (exact) mass is 401 g/mol. The molecule has 2 atom stereocenters. The van der Waals surface area contributed by atoms with Crippen molar-refractivity contribution in [3.63, 3.8) is 0 Å². The number of likely N-dealkylation sites (tertiary alicyclic amines) is 1. The number of amides is 1. The second-order valence-electron chi connectivity index (χ2n) is 10.6. The van der Waals surface area contributed by atoms with Crippen LogP contribution in [-0.2, 0) is 19.7 Å². The Labute approximate surface area is 172 Å². The normalized spacial score (nSPS) is 29.7. The second kappa shape index (κ2) is 7.10. The van der Waals surface area contributed by atoms with E-state index in [1.54, 1.807) is 18.2 Å². The molecule has 0 spiro atoms. The van der Waals surface area contributed by atoms with Gasteiger partial charge in [-0.1, -0.05) is 51.8 Å². The molecule has 1 aromatic carbocycles. The van der Waals surface area contributed by atoms with Crippen molar-refractivity contribution in [2.45, 2.75) is 77.2 Å². The lowest BCUT2D eigenvalue weighted by molar-refractivity contribution is -0.157. The number of rotatable bonds is 4. The highest BCUT2D eigenvalue weighted by Crippen LogP contribution is 2.52.